The third kappa shape index (κ3) is 5.03. The maximum atomic E-state index is 12.1. The molecule has 2 aromatic rings. The topological polar surface area (TPSA) is 78.7 Å². The van der Waals surface area contributed by atoms with Crippen LogP contribution < -0.4 is 10.2 Å². The Bertz CT molecular complexity index is 725. The van der Waals surface area contributed by atoms with Crippen molar-refractivity contribution in [1.29, 1.82) is 0 Å². The van der Waals surface area contributed by atoms with Gasteiger partial charge in [-0.2, -0.15) is 0 Å². The Morgan fingerprint density at radius 2 is 1.88 bits per heavy atom. The summed E-state index contributed by atoms with van der Waals surface area (Å²) in [4.78, 5) is 28.0. The van der Waals surface area contributed by atoms with Gasteiger partial charge in [0.15, 0.2) is 0 Å². The molecule has 0 unspecified atom stereocenters. The Labute approximate surface area is 156 Å². The third-order valence-corrected chi connectivity index (χ3v) is 5.38. The molecule has 0 saturated carbocycles. The van der Waals surface area contributed by atoms with Gasteiger partial charge in [-0.25, -0.2) is 0 Å². The number of hydrogen-bond acceptors (Lipinski definition) is 6. The van der Waals surface area contributed by atoms with E-state index in [0.717, 1.165) is 38.3 Å². The van der Waals surface area contributed by atoms with Crippen LogP contribution in [-0.4, -0.2) is 55.0 Å². The van der Waals surface area contributed by atoms with Gasteiger partial charge >= 0.3 is 0 Å². The molecule has 1 fully saturated rings. The predicted molar refractivity (Wildman–Crippen MR) is 103 cm³/mol. The average molecular weight is 374 g/mol. The molecule has 0 atom stereocenters. The molecular weight excluding hydrogens is 352 g/mol. The molecule has 1 aromatic carbocycles. The monoisotopic (exact) mass is 374 g/mol. The summed E-state index contributed by atoms with van der Waals surface area (Å²) in [5.41, 5.74) is 1.09. The number of carbonyl (C=O) groups is 1. The number of nitrogens with zero attached hydrogens (tertiary/aromatic N) is 3. The van der Waals surface area contributed by atoms with E-state index in [1.165, 1.54) is 17.0 Å². The Morgan fingerprint density at radius 3 is 2.50 bits per heavy atom. The Kier molecular flexibility index (Phi) is 6.19. The largest absolute Gasteiger partial charge is 0.369 e. The summed E-state index contributed by atoms with van der Waals surface area (Å²) in [6.45, 7) is 4.30. The minimum Gasteiger partial charge on any atom is -0.369 e. The van der Waals surface area contributed by atoms with Crippen molar-refractivity contribution in [3.63, 3.8) is 0 Å². The molecule has 1 aliphatic heterocycles. The molecule has 0 radical (unpaired) electrons. The molecule has 138 valence electrons. The van der Waals surface area contributed by atoms with Gasteiger partial charge in [0.1, 0.15) is 0 Å². The van der Waals surface area contributed by atoms with Gasteiger partial charge in [0.2, 0.25) is 5.91 Å². The van der Waals surface area contributed by atoms with E-state index in [4.69, 9.17) is 0 Å². The lowest BCUT2D eigenvalue weighted by Gasteiger charge is -2.35. The first kappa shape index (κ1) is 18.3. The second kappa shape index (κ2) is 8.77. The van der Waals surface area contributed by atoms with Crippen LogP contribution in [0, 0.1) is 10.1 Å². The lowest BCUT2D eigenvalue weighted by Crippen LogP contribution is -2.49. The van der Waals surface area contributed by atoms with Crippen molar-refractivity contribution in [2.45, 2.75) is 6.42 Å². The molecule has 7 nitrogen and oxygen atoms in total. The summed E-state index contributed by atoms with van der Waals surface area (Å²) in [6, 6.07) is 10.7. The summed E-state index contributed by atoms with van der Waals surface area (Å²) in [5.74, 6) is 0.0605. The van der Waals surface area contributed by atoms with E-state index in [-0.39, 0.29) is 11.6 Å². The Balaban J connectivity index is 1.39. The van der Waals surface area contributed by atoms with Gasteiger partial charge in [0.05, 0.1) is 11.5 Å². The van der Waals surface area contributed by atoms with Crippen LogP contribution in [-0.2, 0) is 11.2 Å². The first-order chi connectivity index (χ1) is 12.6. The number of nitro benzene ring substituents is 1. The minimum absolute atomic E-state index is 0.0605. The summed E-state index contributed by atoms with van der Waals surface area (Å²) in [5, 5.41) is 15.7. The van der Waals surface area contributed by atoms with E-state index in [1.54, 1.807) is 23.5 Å². The number of carbonyl (C=O) groups excluding carboxylic acids is 1. The highest BCUT2D eigenvalue weighted by molar-refractivity contribution is 7.09. The number of hydrogen-bond donors (Lipinski definition) is 1. The molecule has 0 spiro atoms. The lowest BCUT2D eigenvalue weighted by atomic mass is 10.2. The van der Waals surface area contributed by atoms with Crippen molar-refractivity contribution < 1.29 is 9.72 Å². The van der Waals surface area contributed by atoms with Crippen LogP contribution in [0.1, 0.15) is 4.88 Å². The maximum Gasteiger partial charge on any atom is 0.269 e. The lowest BCUT2D eigenvalue weighted by molar-refractivity contribution is -0.384. The van der Waals surface area contributed by atoms with Crippen molar-refractivity contribution in [2.75, 3.05) is 44.2 Å². The summed E-state index contributed by atoms with van der Waals surface area (Å²) in [7, 11) is 0. The zero-order valence-corrected chi connectivity index (χ0v) is 15.3. The number of amides is 1. The highest BCUT2D eigenvalue weighted by atomic mass is 32.1. The second-order valence-corrected chi connectivity index (χ2v) is 7.25. The molecule has 1 amide bonds. The number of benzene rings is 1. The number of non-ortho nitro benzene ring substituents is 1. The number of piperazine rings is 1. The molecule has 0 bridgehead atoms. The summed E-state index contributed by atoms with van der Waals surface area (Å²) >= 11 is 1.71. The van der Waals surface area contributed by atoms with Crippen LogP contribution in [0.5, 0.6) is 0 Å². The van der Waals surface area contributed by atoms with Crippen LogP contribution in [0.4, 0.5) is 11.4 Å². The van der Waals surface area contributed by atoms with Crippen molar-refractivity contribution in [3.05, 3.63) is 56.8 Å². The summed E-state index contributed by atoms with van der Waals surface area (Å²) in [6.07, 6.45) is 0.872. The number of thiophene rings is 1. The quantitative estimate of drug-likeness (QED) is 0.593. The fraction of sp³-hybridized carbons (Fsp3) is 0.389. The highest BCUT2D eigenvalue weighted by Crippen LogP contribution is 2.20. The molecule has 8 heteroatoms. The molecule has 1 aromatic heterocycles. The van der Waals surface area contributed by atoms with Crippen molar-refractivity contribution >= 4 is 28.6 Å². The zero-order valence-electron chi connectivity index (χ0n) is 14.5. The van der Waals surface area contributed by atoms with Crippen LogP contribution in [0.15, 0.2) is 41.8 Å². The van der Waals surface area contributed by atoms with Crippen LogP contribution in [0.2, 0.25) is 0 Å². The van der Waals surface area contributed by atoms with Crippen LogP contribution >= 0.6 is 11.3 Å². The van der Waals surface area contributed by atoms with E-state index in [0.29, 0.717) is 13.1 Å². The van der Waals surface area contributed by atoms with Gasteiger partial charge in [-0.1, -0.05) is 6.07 Å². The van der Waals surface area contributed by atoms with Crippen molar-refractivity contribution in [1.82, 2.24) is 10.2 Å². The fourth-order valence-electron chi connectivity index (χ4n) is 2.99. The van der Waals surface area contributed by atoms with Crippen LogP contribution in [0.25, 0.3) is 0 Å². The van der Waals surface area contributed by atoms with Gasteiger partial charge in [-0.05, 0) is 30.0 Å². The van der Waals surface area contributed by atoms with Gasteiger partial charge in [0.25, 0.3) is 5.69 Å². The highest BCUT2D eigenvalue weighted by Gasteiger charge is 2.19. The van der Waals surface area contributed by atoms with E-state index in [2.05, 4.69) is 21.2 Å². The molecule has 26 heavy (non-hydrogen) atoms. The van der Waals surface area contributed by atoms with Crippen LogP contribution in [0.3, 0.4) is 0 Å². The number of nitrogens with one attached hydrogen (secondary N) is 1. The second-order valence-electron chi connectivity index (χ2n) is 6.22. The van der Waals surface area contributed by atoms with Gasteiger partial charge in [-0.15, -0.1) is 11.3 Å². The van der Waals surface area contributed by atoms with Crippen molar-refractivity contribution in [3.8, 4) is 0 Å². The normalized spacial score (nSPS) is 15.0. The van der Waals surface area contributed by atoms with E-state index in [1.807, 2.05) is 11.4 Å². The molecule has 2 heterocycles. The van der Waals surface area contributed by atoms with E-state index >= 15 is 0 Å². The molecule has 0 aliphatic carbocycles. The fourth-order valence-corrected chi connectivity index (χ4v) is 3.70. The standard InChI is InChI=1S/C18H22N4O3S/c23-18(19-8-7-17-2-1-13-26-17)14-20-9-11-21(12-10-20)15-3-5-16(6-4-15)22(24)25/h1-6,13H,7-12,14H2,(H,19,23). The molecule has 3 rings (SSSR count). The first-order valence-electron chi connectivity index (χ1n) is 8.62. The average Bonchev–Trinajstić information content (AvgIpc) is 3.16. The number of nitro groups is 1. The molecule has 1 aliphatic rings. The molecule has 1 saturated heterocycles. The number of rotatable bonds is 7. The van der Waals surface area contributed by atoms with Gasteiger partial charge in [0, 0.05) is 55.4 Å². The smallest absolute Gasteiger partial charge is 0.269 e. The third-order valence-electron chi connectivity index (χ3n) is 4.44. The number of anilines is 1. The van der Waals surface area contributed by atoms with Gasteiger partial charge in [-0.3, -0.25) is 19.8 Å². The molecule has 1 N–H and O–H groups in total. The SMILES string of the molecule is O=C(CN1CCN(c2ccc([N+](=O)[O-])cc2)CC1)NCCc1cccs1. The van der Waals surface area contributed by atoms with Crippen molar-refractivity contribution in [2.24, 2.45) is 0 Å². The molecular formula is C18H22N4O3S. The minimum atomic E-state index is -0.390. The Morgan fingerprint density at radius 1 is 1.15 bits per heavy atom. The van der Waals surface area contributed by atoms with Gasteiger partial charge < -0.3 is 10.2 Å². The predicted octanol–water partition coefficient (Wildman–Crippen LogP) is 2.14. The van der Waals surface area contributed by atoms with E-state index < -0.39 is 4.92 Å². The first-order valence-corrected chi connectivity index (χ1v) is 9.50. The Hall–Kier alpha value is -2.45. The van der Waals surface area contributed by atoms with E-state index in [9.17, 15) is 14.9 Å². The summed E-state index contributed by atoms with van der Waals surface area (Å²) < 4.78 is 0. The zero-order chi connectivity index (χ0) is 18.4. The maximum absolute atomic E-state index is 12.1.